The number of hydrogen-bond donors (Lipinski definition) is 1. The summed E-state index contributed by atoms with van der Waals surface area (Å²) < 4.78 is 5.06. The summed E-state index contributed by atoms with van der Waals surface area (Å²) in [7, 11) is 1.46. The van der Waals surface area contributed by atoms with Crippen molar-refractivity contribution in [1.29, 1.82) is 5.26 Å². The van der Waals surface area contributed by atoms with Crippen LogP contribution in [0.1, 0.15) is 5.56 Å². The zero-order chi connectivity index (χ0) is 12.7. The van der Waals surface area contributed by atoms with E-state index in [1.54, 1.807) is 12.1 Å². The van der Waals surface area contributed by atoms with Crippen LogP contribution in [-0.4, -0.2) is 13.0 Å². The first-order chi connectivity index (χ1) is 8.17. The van der Waals surface area contributed by atoms with Gasteiger partial charge in [-0.2, -0.15) is 5.26 Å². The van der Waals surface area contributed by atoms with Crippen LogP contribution in [0.4, 0.5) is 0 Å². The van der Waals surface area contributed by atoms with Gasteiger partial charge < -0.3 is 10.5 Å². The third kappa shape index (κ3) is 3.84. The first-order valence-corrected chi connectivity index (χ1v) is 4.89. The third-order valence-electron chi connectivity index (χ3n) is 2.02. The third-order valence-corrected chi connectivity index (χ3v) is 2.02. The largest absolute Gasteiger partial charge is 0.497 e. The van der Waals surface area contributed by atoms with Crippen molar-refractivity contribution in [2.75, 3.05) is 7.11 Å². The van der Waals surface area contributed by atoms with Gasteiger partial charge in [0, 0.05) is 6.08 Å². The second-order valence-electron chi connectivity index (χ2n) is 3.20. The molecule has 0 atom stereocenters. The maximum atomic E-state index is 10.9. The molecular weight excluding hydrogens is 216 g/mol. The smallest absolute Gasteiger partial charge is 0.259 e. The van der Waals surface area contributed by atoms with E-state index in [9.17, 15) is 4.79 Å². The van der Waals surface area contributed by atoms with Gasteiger partial charge in [0.25, 0.3) is 5.91 Å². The second kappa shape index (κ2) is 6.13. The Morgan fingerprint density at radius 1 is 1.41 bits per heavy atom. The highest BCUT2D eigenvalue weighted by Crippen LogP contribution is 2.10. The van der Waals surface area contributed by atoms with E-state index in [1.807, 2.05) is 30.3 Å². The maximum Gasteiger partial charge on any atom is 0.259 e. The monoisotopic (exact) mass is 228 g/mol. The van der Waals surface area contributed by atoms with Crippen molar-refractivity contribution < 1.29 is 9.53 Å². The van der Waals surface area contributed by atoms with Gasteiger partial charge in [0.15, 0.2) is 0 Å². The number of nitrogens with two attached hydrogens (primary N) is 1. The summed E-state index contributed by atoms with van der Waals surface area (Å²) in [5.74, 6) is -0.380. The molecule has 4 nitrogen and oxygen atoms in total. The van der Waals surface area contributed by atoms with Crippen molar-refractivity contribution in [3.63, 3.8) is 0 Å². The predicted molar refractivity (Wildman–Crippen MR) is 64.3 cm³/mol. The minimum Gasteiger partial charge on any atom is -0.497 e. The molecule has 17 heavy (non-hydrogen) atoms. The van der Waals surface area contributed by atoms with E-state index in [1.165, 1.54) is 13.2 Å². The topological polar surface area (TPSA) is 76.1 Å². The number of methoxy groups -OCH3 is 1. The van der Waals surface area contributed by atoms with Crippen LogP contribution in [0.25, 0.3) is 6.08 Å². The van der Waals surface area contributed by atoms with Crippen LogP contribution >= 0.6 is 0 Å². The Bertz CT molecular complexity index is 496. The zero-order valence-corrected chi connectivity index (χ0v) is 9.38. The molecule has 0 aliphatic heterocycles. The molecule has 0 aliphatic carbocycles. The van der Waals surface area contributed by atoms with Crippen molar-refractivity contribution in [3.8, 4) is 6.07 Å². The number of carbonyl (C=O) groups excluding carboxylic acids is 1. The summed E-state index contributed by atoms with van der Waals surface area (Å²) in [5.41, 5.74) is 5.79. The Hall–Kier alpha value is -2.54. The molecule has 0 aliphatic rings. The van der Waals surface area contributed by atoms with Crippen LogP contribution in [-0.2, 0) is 9.53 Å². The number of allylic oxidation sites excluding steroid dienone is 1. The molecule has 1 rings (SSSR count). The fraction of sp³-hybridized carbons (Fsp3) is 0.0769. The van der Waals surface area contributed by atoms with Gasteiger partial charge in [-0.3, -0.25) is 4.79 Å². The van der Waals surface area contributed by atoms with E-state index in [2.05, 4.69) is 0 Å². The van der Waals surface area contributed by atoms with Gasteiger partial charge in [-0.25, -0.2) is 0 Å². The number of nitrogens with zero attached hydrogens (tertiary/aromatic N) is 1. The number of carbonyl (C=O) groups is 1. The zero-order valence-electron chi connectivity index (χ0n) is 9.38. The minimum atomic E-state index is -0.775. The SMILES string of the molecule is COC(=Cc1ccccc1)C=C(C#N)C(N)=O. The standard InChI is InChI=1S/C13H12N2O2/c1-17-12(8-11(9-14)13(15)16)7-10-5-3-2-4-6-10/h2-8H,1H3,(H2,15,16). The van der Waals surface area contributed by atoms with Crippen molar-refractivity contribution in [3.05, 3.63) is 53.3 Å². The van der Waals surface area contributed by atoms with Crippen LogP contribution in [0.2, 0.25) is 0 Å². The number of amides is 1. The molecule has 0 fully saturated rings. The van der Waals surface area contributed by atoms with Crippen LogP contribution < -0.4 is 5.73 Å². The van der Waals surface area contributed by atoms with Crippen molar-refractivity contribution in [2.24, 2.45) is 5.73 Å². The predicted octanol–water partition coefficient (Wildman–Crippen LogP) is 1.61. The van der Waals surface area contributed by atoms with Crippen LogP contribution in [0.5, 0.6) is 0 Å². The Morgan fingerprint density at radius 2 is 2.06 bits per heavy atom. The Kier molecular flexibility index (Phi) is 4.52. The molecule has 1 amide bonds. The van der Waals surface area contributed by atoms with E-state index in [0.29, 0.717) is 5.76 Å². The molecule has 0 heterocycles. The normalized spacial score (nSPS) is 11.8. The molecule has 2 N–H and O–H groups in total. The number of ether oxygens (including phenoxy) is 1. The lowest BCUT2D eigenvalue weighted by Crippen LogP contribution is -2.12. The molecule has 0 bridgehead atoms. The van der Waals surface area contributed by atoms with Crippen LogP contribution in [0.3, 0.4) is 0 Å². The van der Waals surface area contributed by atoms with E-state index >= 15 is 0 Å². The number of primary amides is 1. The molecule has 4 heteroatoms. The maximum absolute atomic E-state index is 10.9. The highest BCUT2D eigenvalue weighted by Gasteiger charge is 2.04. The first kappa shape index (κ1) is 12.5. The summed E-state index contributed by atoms with van der Waals surface area (Å²) in [5, 5.41) is 8.71. The summed E-state index contributed by atoms with van der Waals surface area (Å²) in [6.07, 6.45) is 3.02. The van der Waals surface area contributed by atoms with E-state index < -0.39 is 5.91 Å². The number of benzene rings is 1. The molecule has 1 aromatic carbocycles. The van der Waals surface area contributed by atoms with Gasteiger partial charge in [0.1, 0.15) is 17.4 Å². The van der Waals surface area contributed by atoms with E-state index in [-0.39, 0.29) is 5.57 Å². The highest BCUT2D eigenvalue weighted by atomic mass is 16.5. The van der Waals surface area contributed by atoms with Gasteiger partial charge in [0.05, 0.1) is 7.11 Å². The number of rotatable bonds is 4. The summed E-state index contributed by atoms with van der Waals surface area (Å²) in [6.45, 7) is 0. The van der Waals surface area contributed by atoms with Crippen LogP contribution in [0.15, 0.2) is 47.7 Å². The Balaban J connectivity index is 3.05. The summed E-state index contributed by atoms with van der Waals surface area (Å²) in [4.78, 5) is 10.9. The van der Waals surface area contributed by atoms with Crippen molar-refractivity contribution >= 4 is 12.0 Å². The van der Waals surface area contributed by atoms with E-state index in [4.69, 9.17) is 15.7 Å². The van der Waals surface area contributed by atoms with Crippen molar-refractivity contribution in [2.45, 2.75) is 0 Å². The molecule has 0 unspecified atom stereocenters. The average Bonchev–Trinajstić information content (AvgIpc) is 2.35. The molecule has 0 saturated carbocycles. The minimum absolute atomic E-state index is 0.144. The molecule has 0 spiro atoms. The van der Waals surface area contributed by atoms with Gasteiger partial charge in [-0.1, -0.05) is 30.3 Å². The molecule has 86 valence electrons. The molecular formula is C13H12N2O2. The molecule has 1 aromatic rings. The molecule has 0 radical (unpaired) electrons. The first-order valence-electron chi connectivity index (χ1n) is 4.89. The fourth-order valence-corrected chi connectivity index (χ4v) is 1.17. The van der Waals surface area contributed by atoms with Crippen LogP contribution in [0, 0.1) is 11.3 Å². The lowest BCUT2D eigenvalue weighted by molar-refractivity contribution is -0.114. The molecule has 0 saturated heterocycles. The summed E-state index contributed by atoms with van der Waals surface area (Å²) >= 11 is 0. The average molecular weight is 228 g/mol. The Morgan fingerprint density at radius 3 is 2.53 bits per heavy atom. The van der Waals surface area contributed by atoms with Gasteiger partial charge in [0.2, 0.25) is 0 Å². The van der Waals surface area contributed by atoms with E-state index in [0.717, 1.165) is 5.56 Å². The van der Waals surface area contributed by atoms with Gasteiger partial charge in [-0.15, -0.1) is 0 Å². The highest BCUT2D eigenvalue weighted by molar-refractivity contribution is 5.96. The second-order valence-corrected chi connectivity index (χ2v) is 3.20. The fourth-order valence-electron chi connectivity index (χ4n) is 1.17. The number of hydrogen-bond acceptors (Lipinski definition) is 3. The van der Waals surface area contributed by atoms with Gasteiger partial charge in [-0.05, 0) is 11.6 Å². The lowest BCUT2D eigenvalue weighted by atomic mass is 10.1. The van der Waals surface area contributed by atoms with Crippen molar-refractivity contribution in [1.82, 2.24) is 0 Å². The lowest BCUT2D eigenvalue weighted by Gasteiger charge is -2.01. The quantitative estimate of drug-likeness (QED) is 0.368. The number of nitriles is 1. The summed E-state index contributed by atoms with van der Waals surface area (Å²) in [6, 6.07) is 11.1. The molecule has 0 aromatic heterocycles. The Labute approximate surface area is 99.6 Å². The van der Waals surface area contributed by atoms with Gasteiger partial charge >= 0.3 is 0 Å².